The molecule has 3 aromatic rings. The second-order valence-electron chi connectivity index (χ2n) is 8.07. The first kappa shape index (κ1) is 24.3. The zero-order valence-corrected chi connectivity index (χ0v) is 19.6. The van der Waals surface area contributed by atoms with Gasteiger partial charge in [-0.1, -0.05) is 43.3 Å². The second-order valence-corrected chi connectivity index (χ2v) is 9.08. The number of thiazole rings is 1. The molecule has 2 N–H and O–H groups in total. The number of ether oxygens (including phenoxy) is 1. The smallest absolute Gasteiger partial charge is 0.347 e. The number of aromatic nitrogens is 1. The molecule has 0 radical (unpaired) electrons. The largest absolute Gasteiger partial charge is 0.478 e. The number of hydrogen-bond donors (Lipinski definition) is 2. The average molecular weight is 470 g/mol. The Morgan fingerprint density at radius 1 is 1.24 bits per heavy atom. The van der Waals surface area contributed by atoms with E-state index in [0.717, 1.165) is 40.9 Å². The number of nitrogens with zero attached hydrogens (tertiary/aromatic N) is 2. The van der Waals surface area contributed by atoms with E-state index in [2.05, 4.69) is 17.2 Å². The summed E-state index contributed by atoms with van der Waals surface area (Å²) in [5, 5.41) is 24.5. The van der Waals surface area contributed by atoms with E-state index >= 15 is 0 Å². The summed E-state index contributed by atoms with van der Waals surface area (Å²) in [5.41, 5.74) is 1.77. The number of carboxylic acids is 1. The number of nitro groups is 1. The molecule has 0 aliphatic carbocycles. The standard InChI is InChI=1S/C24H27N3O5S/c1-4-20(17-9-11-18(12-10-17)32-24(2,3)23(28)29)25-14-13-16-7-5-6-8-19(16)22-26-15-21(33-22)27(30)31/h5-12,15,20,25H,4,13-14H2,1-3H3,(H,28,29). The van der Waals surface area contributed by atoms with Gasteiger partial charge in [0.2, 0.25) is 0 Å². The molecule has 1 heterocycles. The molecular weight excluding hydrogens is 442 g/mol. The van der Waals surface area contributed by atoms with E-state index in [1.807, 2.05) is 36.4 Å². The van der Waals surface area contributed by atoms with Gasteiger partial charge in [-0.25, -0.2) is 9.78 Å². The fraction of sp³-hybridized carbons (Fsp3) is 0.333. The zero-order chi connectivity index (χ0) is 24.0. The molecule has 8 nitrogen and oxygen atoms in total. The highest BCUT2D eigenvalue weighted by Crippen LogP contribution is 2.32. The molecule has 0 bridgehead atoms. The van der Waals surface area contributed by atoms with Gasteiger partial charge >= 0.3 is 11.0 Å². The molecule has 1 unspecified atom stereocenters. The monoisotopic (exact) mass is 469 g/mol. The lowest BCUT2D eigenvalue weighted by Crippen LogP contribution is -2.37. The maximum absolute atomic E-state index is 11.3. The lowest BCUT2D eigenvalue weighted by atomic mass is 10.0. The number of carboxylic acid groups (broad SMARTS) is 1. The van der Waals surface area contributed by atoms with Crippen molar-refractivity contribution in [1.29, 1.82) is 0 Å². The summed E-state index contributed by atoms with van der Waals surface area (Å²) in [6.45, 7) is 5.84. The number of rotatable bonds is 11. The minimum absolute atomic E-state index is 0.0307. The fourth-order valence-electron chi connectivity index (χ4n) is 3.41. The van der Waals surface area contributed by atoms with Gasteiger partial charge in [-0.3, -0.25) is 10.1 Å². The molecule has 0 saturated heterocycles. The van der Waals surface area contributed by atoms with Crippen molar-refractivity contribution in [1.82, 2.24) is 10.3 Å². The van der Waals surface area contributed by atoms with Gasteiger partial charge in [0.1, 0.15) is 17.0 Å². The van der Waals surface area contributed by atoms with Crippen LogP contribution in [0.25, 0.3) is 10.6 Å². The number of benzene rings is 2. The number of carbonyl (C=O) groups is 1. The van der Waals surface area contributed by atoms with Crippen LogP contribution >= 0.6 is 11.3 Å². The van der Waals surface area contributed by atoms with Crippen molar-refractivity contribution in [2.24, 2.45) is 0 Å². The number of nitrogens with one attached hydrogen (secondary N) is 1. The third-order valence-corrected chi connectivity index (χ3v) is 6.27. The molecule has 0 amide bonds. The fourth-order valence-corrected chi connectivity index (χ4v) is 4.20. The lowest BCUT2D eigenvalue weighted by molar-refractivity contribution is -0.380. The van der Waals surface area contributed by atoms with Crippen molar-refractivity contribution in [3.8, 4) is 16.3 Å². The van der Waals surface area contributed by atoms with Crippen molar-refractivity contribution >= 4 is 22.3 Å². The molecule has 0 saturated carbocycles. The Balaban J connectivity index is 1.64. The van der Waals surface area contributed by atoms with E-state index in [4.69, 9.17) is 4.74 Å². The third-order valence-electron chi connectivity index (χ3n) is 5.29. The highest BCUT2D eigenvalue weighted by atomic mass is 32.1. The molecule has 1 atom stereocenters. The highest BCUT2D eigenvalue weighted by molar-refractivity contribution is 7.18. The summed E-state index contributed by atoms with van der Waals surface area (Å²) in [6.07, 6.45) is 2.92. The van der Waals surface area contributed by atoms with Crippen LogP contribution in [0, 0.1) is 10.1 Å². The van der Waals surface area contributed by atoms with E-state index in [-0.39, 0.29) is 11.0 Å². The molecule has 0 aliphatic rings. The first-order chi connectivity index (χ1) is 15.7. The topological polar surface area (TPSA) is 115 Å². The summed E-state index contributed by atoms with van der Waals surface area (Å²) in [4.78, 5) is 26.1. The van der Waals surface area contributed by atoms with Gasteiger partial charge in [0.25, 0.3) is 0 Å². The average Bonchev–Trinajstić information content (AvgIpc) is 3.28. The Labute approximate surface area is 196 Å². The summed E-state index contributed by atoms with van der Waals surface area (Å²) in [7, 11) is 0. The quantitative estimate of drug-likeness (QED) is 0.291. The summed E-state index contributed by atoms with van der Waals surface area (Å²) >= 11 is 1.08. The van der Waals surface area contributed by atoms with Crippen LogP contribution in [0.5, 0.6) is 5.75 Å². The minimum Gasteiger partial charge on any atom is -0.478 e. The number of hydrogen-bond acceptors (Lipinski definition) is 7. The Morgan fingerprint density at radius 2 is 1.94 bits per heavy atom. The normalized spacial score (nSPS) is 12.3. The Bertz CT molecular complexity index is 1110. The van der Waals surface area contributed by atoms with Gasteiger partial charge in [0.05, 0.1) is 4.92 Å². The SMILES string of the molecule is CCC(NCCc1ccccc1-c1ncc([N+](=O)[O-])s1)c1ccc(OC(C)(C)C(=O)O)cc1. The van der Waals surface area contributed by atoms with E-state index < -0.39 is 16.5 Å². The molecule has 33 heavy (non-hydrogen) atoms. The van der Waals surface area contributed by atoms with Crippen molar-refractivity contribution in [2.45, 2.75) is 45.3 Å². The molecular formula is C24H27N3O5S. The van der Waals surface area contributed by atoms with Gasteiger partial charge in [0.15, 0.2) is 5.60 Å². The molecule has 2 aromatic carbocycles. The Hall–Kier alpha value is -3.30. The van der Waals surface area contributed by atoms with E-state index in [0.29, 0.717) is 17.3 Å². The lowest BCUT2D eigenvalue weighted by Gasteiger charge is -2.22. The molecule has 0 fully saturated rings. The summed E-state index contributed by atoms with van der Waals surface area (Å²) < 4.78 is 5.58. The molecule has 174 valence electrons. The van der Waals surface area contributed by atoms with Crippen molar-refractivity contribution in [2.75, 3.05) is 6.54 Å². The van der Waals surface area contributed by atoms with Gasteiger partial charge in [-0.15, -0.1) is 0 Å². The van der Waals surface area contributed by atoms with Crippen LogP contribution in [-0.4, -0.2) is 33.1 Å². The van der Waals surface area contributed by atoms with Gasteiger partial charge in [-0.2, -0.15) is 0 Å². The van der Waals surface area contributed by atoms with E-state index in [9.17, 15) is 20.0 Å². The second kappa shape index (κ2) is 10.5. The molecule has 3 rings (SSSR count). The zero-order valence-electron chi connectivity index (χ0n) is 18.8. The maximum atomic E-state index is 11.3. The van der Waals surface area contributed by atoms with Crippen LogP contribution in [0.4, 0.5) is 5.00 Å². The maximum Gasteiger partial charge on any atom is 0.347 e. The number of aliphatic carboxylic acids is 1. The van der Waals surface area contributed by atoms with Crippen LogP contribution in [0.15, 0.2) is 54.7 Å². The van der Waals surface area contributed by atoms with Crippen LogP contribution in [-0.2, 0) is 11.2 Å². The third kappa shape index (κ3) is 6.15. The summed E-state index contributed by atoms with van der Waals surface area (Å²) in [5.74, 6) is -0.514. The van der Waals surface area contributed by atoms with Gasteiger partial charge in [0, 0.05) is 11.6 Å². The van der Waals surface area contributed by atoms with Crippen molar-refractivity contribution in [3.05, 3.63) is 76.0 Å². The van der Waals surface area contributed by atoms with Crippen LogP contribution in [0.2, 0.25) is 0 Å². The van der Waals surface area contributed by atoms with Gasteiger partial charge < -0.3 is 15.2 Å². The van der Waals surface area contributed by atoms with E-state index in [1.165, 1.54) is 20.0 Å². The molecule has 9 heteroatoms. The van der Waals surface area contributed by atoms with Crippen LogP contribution in [0.1, 0.15) is 44.4 Å². The molecule has 0 spiro atoms. The van der Waals surface area contributed by atoms with Crippen molar-refractivity contribution < 1.29 is 19.6 Å². The van der Waals surface area contributed by atoms with E-state index in [1.54, 1.807) is 12.1 Å². The van der Waals surface area contributed by atoms with Crippen LogP contribution < -0.4 is 10.1 Å². The Morgan fingerprint density at radius 3 is 2.55 bits per heavy atom. The molecule has 1 aromatic heterocycles. The van der Waals surface area contributed by atoms with Crippen LogP contribution in [0.3, 0.4) is 0 Å². The van der Waals surface area contributed by atoms with Crippen molar-refractivity contribution in [3.63, 3.8) is 0 Å². The highest BCUT2D eigenvalue weighted by Gasteiger charge is 2.29. The van der Waals surface area contributed by atoms with Gasteiger partial charge in [-0.05, 0) is 67.8 Å². The first-order valence-corrected chi connectivity index (χ1v) is 11.5. The first-order valence-electron chi connectivity index (χ1n) is 10.7. The predicted octanol–water partition coefficient (Wildman–Crippen LogP) is 5.24. The summed E-state index contributed by atoms with van der Waals surface area (Å²) in [6, 6.07) is 15.4. The Kier molecular flexibility index (Phi) is 7.78. The minimum atomic E-state index is -1.30. The molecule has 0 aliphatic heterocycles. The predicted molar refractivity (Wildman–Crippen MR) is 128 cm³/mol.